The summed E-state index contributed by atoms with van der Waals surface area (Å²) in [5.74, 6) is 3.09. The standard InChI is InChI=1S/C10H11N.3C9H10N2.C8H12N2.10C2H6/c1-8(2)10-5-3-4-9(6-10)7-11;1-7(2)9-3-8(4-10)5-11-6-9;1-7(2)9-5-8(6-10)3-4-11-9;1-7(2)9-5-3-4-8(6-10)11-9;1-6(2)8-9-5-4-7(3)10-8;10*1-2/h3-6,8H,1-2H3;3,5-7H,1-2H3;2*3-5,7H,1-2H3;4-6H,1-3H3;10*1-2H3. The van der Waals surface area contributed by atoms with Gasteiger partial charge in [-0.1, -0.05) is 226 Å². The lowest BCUT2D eigenvalue weighted by Gasteiger charge is -2.03. The zero-order valence-electron chi connectivity index (χ0n) is 53.6. The summed E-state index contributed by atoms with van der Waals surface area (Å²) in [5.41, 5.74) is 7.90. The molecule has 0 saturated carbocycles. The van der Waals surface area contributed by atoms with E-state index < -0.39 is 0 Å². The Kier molecular flexibility index (Phi) is 89.6. The predicted molar refractivity (Wildman–Crippen MR) is 329 cm³/mol. The number of hydrogen-bond donors (Lipinski definition) is 0. The van der Waals surface area contributed by atoms with Crippen LogP contribution in [0, 0.1) is 52.2 Å². The van der Waals surface area contributed by atoms with Crippen molar-refractivity contribution in [2.24, 2.45) is 0 Å². The molecular weight excluding hydrogens is 907 g/mol. The van der Waals surface area contributed by atoms with Crippen LogP contribution in [0.2, 0.25) is 0 Å². The van der Waals surface area contributed by atoms with E-state index in [1.807, 2.05) is 206 Å². The summed E-state index contributed by atoms with van der Waals surface area (Å²) in [7, 11) is 0. The van der Waals surface area contributed by atoms with Gasteiger partial charge in [-0.15, -0.1) is 0 Å². The fourth-order valence-corrected chi connectivity index (χ4v) is 4.22. The zero-order valence-corrected chi connectivity index (χ0v) is 53.6. The molecule has 0 aliphatic heterocycles. The van der Waals surface area contributed by atoms with E-state index in [0.717, 1.165) is 34.0 Å². The van der Waals surface area contributed by atoms with Gasteiger partial charge in [0.1, 0.15) is 23.7 Å². The molecular formula is C65H113N9. The average molecular weight is 1020 g/mol. The Balaban J connectivity index is -0.0000000795. The number of nitriles is 4. The molecule has 9 nitrogen and oxygen atoms in total. The molecule has 5 rings (SSSR count). The smallest absolute Gasteiger partial charge is 0.140 e. The largest absolute Gasteiger partial charge is 0.263 e. The fourth-order valence-electron chi connectivity index (χ4n) is 4.22. The van der Waals surface area contributed by atoms with E-state index in [4.69, 9.17) is 21.0 Å². The van der Waals surface area contributed by atoms with Crippen LogP contribution in [0.3, 0.4) is 0 Å². The van der Waals surface area contributed by atoms with Crippen molar-refractivity contribution < 1.29 is 0 Å². The maximum Gasteiger partial charge on any atom is 0.140 e. The Morgan fingerprint density at radius 1 is 0.365 bits per heavy atom. The van der Waals surface area contributed by atoms with E-state index in [1.54, 1.807) is 36.9 Å². The molecule has 0 unspecified atom stereocenters. The van der Waals surface area contributed by atoms with Crippen LogP contribution in [0.5, 0.6) is 0 Å². The van der Waals surface area contributed by atoms with Crippen LogP contribution in [0.25, 0.3) is 0 Å². The summed E-state index contributed by atoms with van der Waals surface area (Å²) in [6.45, 7) is 62.8. The van der Waals surface area contributed by atoms with Gasteiger partial charge < -0.3 is 0 Å². The van der Waals surface area contributed by atoms with Gasteiger partial charge in [-0.2, -0.15) is 21.0 Å². The minimum Gasteiger partial charge on any atom is -0.263 e. The van der Waals surface area contributed by atoms with Crippen molar-refractivity contribution in [2.75, 3.05) is 0 Å². The molecule has 418 valence electrons. The topological polar surface area (TPSA) is 160 Å². The highest BCUT2D eigenvalue weighted by Gasteiger charge is 2.03. The van der Waals surface area contributed by atoms with Crippen LogP contribution >= 0.6 is 0 Å². The number of benzene rings is 1. The van der Waals surface area contributed by atoms with Crippen LogP contribution in [-0.2, 0) is 0 Å². The molecule has 0 fully saturated rings. The number of hydrogen-bond acceptors (Lipinski definition) is 9. The van der Waals surface area contributed by atoms with Crippen molar-refractivity contribution >= 4 is 0 Å². The van der Waals surface area contributed by atoms with E-state index in [9.17, 15) is 0 Å². The SMILES string of the molecule is CC.CC.CC.CC.CC.CC.CC.CC.CC.CC.CC(C)c1cc(C#N)ccn1.CC(C)c1cccc(C#N)c1.CC(C)c1cccc(C#N)n1.CC(C)c1cncc(C#N)c1.Cc1ccnc(C(C)C)n1. The monoisotopic (exact) mass is 1020 g/mol. The van der Waals surface area contributed by atoms with E-state index in [-0.39, 0.29) is 0 Å². The maximum absolute atomic E-state index is 8.59. The Morgan fingerprint density at radius 3 is 1.16 bits per heavy atom. The van der Waals surface area contributed by atoms with Gasteiger partial charge in [0.25, 0.3) is 0 Å². The molecule has 0 amide bonds. The Labute approximate surface area is 460 Å². The van der Waals surface area contributed by atoms with Crippen molar-refractivity contribution in [1.29, 1.82) is 21.0 Å². The van der Waals surface area contributed by atoms with Gasteiger partial charge >= 0.3 is 0 Å². The van der Waals surface area contributed by atoms with Crippen molar-refractivity contribution in [2.45, 2.75) is 244 Å². The third-order valence-corrected chi connectivity index (χ3v) is 7.55. The molecule has 5 aromatic rings. The van der Waals surface area contributed by atoms with Gasteiger partial charge in [-0.05, 0) is 90.3 Å². The van der Waals surface area contributed by atoms with Crippen molar-refractivity contribution in [3.05, 3.63) is 148 Å². The summed E-state index contributed by atoms with van der Waals surface area (Å²) in [5, 5.41) is 34.2. The molecule has 0 aliphatic rings. The first-order valence-electron chi connectivity index (χ1n) is 28.0. The van der Waals surface area contributed by atoms with Crippen molar-refractivity contribution in [3.63, 3.8) is 0 Å². The predicted octanol–water partition coefficient (Wildman–Crippen LogP) is 21.1. The molecule has 9 heteroatoms. The lowest BCUT2D eigenvalue weighted by atomic mass is 10.0. The lowest BCUT2D eigenvalue weighted by Crippen LogP contribution is -1.97. The Bertz CT molecular complexity index is 1790. The van der Waals surface area contributed by atoms with Gasteiger partial charge in [0.15, 0.2) is 0 Å². The molecule has 4 aromatic heterocycles. The first kappa shape index (κ1) is 90.5. The zero-order chi connectivity index (χ0) is 60.6. The van der Waals surface area contributed by atoms with Gasteiger partial charge in [-0.25, -0.2) is 15.0 Å². The highest BCUT2D eigenvalue weighted by molar-refractivity contribution is 5.34. The second-order valence-corrected chi connectivity index (χ2v) is 13.8. The molecule has 0 spiro atoms. The normalized spacial score (nSPS) is 7.95. The van der Waals surface area contributed by atoms with Crippen molar-refractivity contribution in [1.82, 2.24) is 24.9 Å². The average Bonchev–Trinajstić information content (AvgIpc) is 3.49. The van der Waals surface area contributed by atoms with Gasteiger partial charge in [0.2, 0.25) is 0 Å². The number of aryl methyl sites for hydroxylation is 1. The number of rotatable bonds is 5. The molecule has 0 bridgehead atoms. The molecule has 0 N–H and O–H groups in total. The molecule has 1 aromatic carbocycles. The fraction of sp³-hybridized carbons (Fsp3) is 0.554. The molecule has 0 saturated heterocycles. The summed E-state index contributed by atoms with van der Waals surface area (Å²) in [6.07, 6.45) is 6.85. The summed E-state index contributed by atoms with van der Waals surface area (Å²) < 4.78 is 0. The number of aromatic nitrogens is 5. The quantitative estimate of drug-likeness (QED) is 0.167. The number of nitrogens with zero attached hydrogens (tertiary/aromatic N) is 9. The third-order valence-electron chi connectivity index (χ3n) is 7.55. The molecule has 0 atom stereocenters. The van der Waals surface area contributed by atoms with E-state index in [0.29, 0.717) is 46.4 Å². The van der Waals surface area contributed by atoms with Gasteiger partial charge in [0.05, 0.1) is 28.8 Å². The Morgan fingerprint density at radius 2 is 0.784 bits per heavy atom. The minimum absolute atomic E-state index is 0.392. The van der Waals surface area contributed by atoms with Crippen molar-refractivity contribution in [3.8, 4) is 24.3 Å². The summed E-state index contributed by atoms with van der Waals surface area (Å²) in [6, 6.07) is 28.8. The van der Waals surface area contributed by atoms with Gasteiger partial charge in [-0.3, -0.25) is 9.97 Å². The second-order valence-electron chi connectivity index (χ2n) is 13.8. The van der Waals surface area contributed by atoms with E-state index >= 15 is 0 Å². The molecule has 0 radical (unpaired) electrons. The summed E-state index contributed by atoms with van der Waals surface area (Å²) >= 11 is 0. The first-order valence-corrected chi connectivity index (χ1v) is 28.0. The third kappa shape index (κ3) is 53.5. The molecule has 74 heavy (non-hydrogen) atoms. The minimum atomic E-state index is 0.392. The van der Waals surface area contributed by atoms with Crippen LogP contribution in [0.4, 0.5) is 0 Å². The Hall–Kier alpha value is -6.29. The summed E-state index contributed by atoms with van der Waals surface area (Å²) in [4.78, 5) is 20.6. The lowest BCUT2D eigenvalue weighted by molar-refractivity contribution is 0.766. The van der Waals surface area contributed by atoms with Gasteiger partial charge in [0, 0.05) is 47.8 Å². The van der Waals surface area contributed by atoms with E-state index in [1.165, 1.54) is 5.56 Å². The molecule has 4 heterocycles. The molecule has 0 aliphatic carbocycles. The van der Waals surface area contributed by atoms with Crippen LogP contribution in [0.1, 0.15) is 294 Å². The maximum atomic E-state index is 8.59. The highest BCUT2D eigenvalue weighted by atomic mass is 14.9. The van der Waals surface area contributed by atoms with Crippen LogP contribution < -0.4 is 0 Å². The second kappa shape index (κ2) is 73.2. The van der Waals surface area contributed by atoms with Crippen LogP contribution in [-0.4, -0.2) is 24.9 Å². The first-order chi connectivity index (χ1) is 35.6. The van der Waals surface area contributed by atoms with E-state index in [2.05, 4.69) is 112 Å². The highest BCUT2D eigenvalue weighted by Crippen LogP contribution is 2.16. The van der Waals surface area contributed by atoms with Crippen LogP contribution in [0.15, 0.2) is 91.5 Å². The number of pyridine rings is 3.